The molecule has 3 N–H and O–H groups in total. The first-order valence-corrected chi connectivity index (χ1v) is 9.62. The number of guanidine groups is 1. The largest absolute Gasteiger partial charge is 0.497 e. The van der Waals surface area contributed by atoms with Crippen molar-refractivity contribution in [3.05, 3.63) is 59.7 Å². The molecule has 1 amide bonds. The van der Waals surface area contributed by atoms with Crippen LogP contribution in [0.4, 0.5) is 0 Å². The van der Waals surface area contributed by atoms with E-state index in [0.29, 0.717) is 24.6 Å². The van der Waals surface area contributed by atoms with E-state index < -0.39 is 0 Å². The van der Waals surface area contributed by atoms with Crippen LogP contribution in [0.25, 0.3) is 0 Å². The maximum atomic E-state index is 11.7. The number of benzene rings is 2. The Morgan fingerprint density at radius 3 is 2.48 bits per heavy atom. The molecule has 2 rings (SSSR count). The van der Waals surface area contributed by atoms with Gasteiger partial charge in [-0.2, -0.15) is 0 Å². The third-order valence-electron chi connectivity index (χ3n) is 4.30. The van der Waals surface area contributed by atoms with Crippen molar-refractivity contribution in [2.24, 2.45) is 4.99 Å². The highest BCUT2D eigenvalue weighted by atomic mass is 16.5. The molecular formula is C22H30N4O3. The molecular weight excluding hydrogens is 368 g/mol. The van der Waals surface area contributed by atoms with Crippen LogP contribution in [0, 0.1) is 0 Å². The summed E-state index contributed by atoms with van der Waals surface area (Å²) in [6.07, 6.45) is 0.745. The Labute approximate surface area is 172 Å². The van der Waals surface area contributed by atoms with Gasteiger partial charge in [0, 0.05) is 26.2 Å². The van der Waals surface area contributed by atoms with E-state index in [1.54, 1.807) is 27.3 Å². The fourth-order valence-corrected chi connectivity index (χ4v) is 2.73. The number of methoxy groups -OCH3 is 1. The van der Waals surface area contributed by atoms with Gasteiger partial charge in [-0.3, -0.25) is 9.79 Å². The molecule has 0 bridgehead atoms. The molecule has 0 saturated carbocycles. The van der Waals surface area contributed by atoms with Gasteiger partial charge >= 0.3 is 0 Å². The number of nitrogens with one attached hydrogen (secondary N) is 3. The molecule has 0 radical (unpaired) electrons. The van der Waals surface area contributed by atoms with Crippen molar-refractivity contribution in [1.29, 1.82) is 0 Å². The minimum absolute atomic E-state index is 0.0359. The molecule has 156 valence electrons. The molecule has 0 aliphatic carbocycles. The molecule has 2 aromatic carbocycles. The lowest BCUT2D eigenvalue weighted by atomic mass is 10.1. The Hall–Kier alpha value is -3.22. The zero-order chi connectivity index (χ0) is 21.1. The fraction of sp³-hybridized carbons (Fsp3) is 0.364. The average Bonchev–Trinajstić information content (AvgIpc) is 2.76. The van der Waals surface area contributed by atoms with Crippen LogP contribution in [-0.2, 0) is 6.42 Å². The lowest BCUT2D eigenvalue weighted by Gasteiger charge is -2.18. The van der Waals surface area contributed by atoms with Gasteiger partial charge in [-0.05, 0) is 55.3 Å². The number of nitrogens with zero attached hydrogens (tertiary/aromatic N) is 1. The number of rotatable bonds is 9. The van der Waals surface area contributed by atoms with Gasteiger partial charge < -0.3 is 25.4 Å². The standard InChI is InChI=1S/C22H30N4O3/c1-16(29-20-10-8-19(28-4)9-11-20)15-26-22(24-3)25-13-12-17-6-5-7-18(14-17)21(27)23-2/h5-11,14,16H,12-13,15H2,1-4H3,(H,23,27)(H2,24,25,26). The van der Waals surface area contributed by atoms with Crippen molar-refractivity contribution in [2.45, 2.75) is 19.4 Å². The molecule has 1 atom stereocenters. The van der Waals surface area contributed by atoms with E-state index in [0.717, 1.165) is 23.5 Å². The molecule has 7 heteroatoms. The van der Waals surface area contributed by atoms with Crippen LogP contribution < -0.4 is 25.4 Å². The van der Waals surface area contributed by atoms with Crippen LogP contribution in [0.1, 0.15) is 22.8 Å². The first-order chi connectivity index (χ1) is 14.0. The maximum absolute atomic E-state index is 11.7. The smallest absolute Gasteiger partial charge is 0.251 e. The monoisotopic (exact) mass is 398 g/mol. The summed E-state index contributed by atoms with van der Waals surface area (Å²) in [5.74, 6) is 2.22. The molecule has 0 heterocycles. The predicted octanol–water partition coefficient (Wildman–Crippen LogP) is 2.23. The summed E-state index contributed by atoms with van der Waals surface area (Å²) in [6.45, 7) is 3.30. The molecule has 0 aliphatic rings. The summed E-state index contributed by atoms with van der Waals surface area (Å²) in [6, 6.07) is 15.1. The molecule has 1 unspecified atom stereocenters. The molecule has 0 fully saturated rings. The average molecular weight is 399 g/mol. The lowest BCUT2D eigenvalue weighted by Crippen LogP contribution is -2.42. The van der Waals surface area contributed by atoms with Crippen LogP contribution >= 0.6 is 0 Å². The van der Waals surface area contributed by atoms with Crippen molar-refractivity contribution < 1.29 is 14.3 Å². The number of hydrogen-bond acceptors (Lipinski definition) is 4. The van der Waals surface area contributed by atoms with Crippen molar-refractivity contribution in [1.82, 2.24) is 16.0 Å². The summed E-state index contributed by atoms with van der Waals surface area (Å²) in [7, 11) is 5.00. The number of hydrogen-bond donors (Lipinski definition) is 3. The highest BCUT2D eigenvalue weighted by molar-refractivity contribution is 5.94. The Morgan fingerprint density at radius 1 is 1.10 bits per heavy atom. The maximum Gasteiger partial charge on any atom is 0.251 e. The van der Waals surface area contributed by atoms with Gasteiger partial charge in [-0.15, -0.1) is 0 Å². The van der Waals surface area contributed by atoms with Gasteiger partial charge in [0.2, 0.25) is 0 Å². The summed E-state index contributed by atoms with van der Waals surface area (Å²) < 4.78 is 11.0. The van der Waals surface area contributed by atoms with Gasteiger partial charge in [-0.25, -0.2) is 0 Å². The lowest BCUT2D eigenvalue weighted by molar-refractivity contribution is 0.0963. The normalized spacial score (nSPS) is 12.1. The summed E-state index contributed by atoms with van der Waals surface area (Å²) in [5, 5.41) is 9.18. The minimum Gasteiger partial charge on any atom is -0.497 e. The van der Waals surface area contributed by atoms with E-state index in [9.17, 15) is 4.79 Å². The molecule has 0 aromatic heterocycles. The summed E-state index contributed by atoms with van der Waals surface area (Å²) >= 11 is 0. The Balaban J connectivity index is 1.75. The first kappa shape index (κ1) is 22.1. The number of carbonyl (C=O) groups excluding carboxylic acids is 1. The highest BCUT2D eigenvalue weighted by Crippen LogP contribution is 2.17. The number of amides is 1. The second-order valence-electron chi connectivity index (χ2n) is 6.51. The van der Waals surface area contributed by atoms with Crippen LogP contribution in [0.15, 0.2) is 53.5 Å². The fourth-order valence-electron chi connectivity index (χ4n) is 2.73. The molecule has 29 heavy (non-hydrogen) atoms. The van der Waals surface area contributed by atoms with E-state index in [4.69, 9.17) is 9.47 Å². The predicted molar refractivity (Wildman–Crippen MR) is 116 cm³/mol. The Morgan fingerprint density at radius 2 is 1.83 bits per heavy atom. The van der Waals surface area contributed by atoms with Crippen LogP contribution in [-0.4, -0.2) is 52.3 Å². The SMILES string of the molecule is CN=C(NCCc1cccc(C(=O)NC)c1)NCC(C)Oc1ccc(OC)cc1. The van der Waals surface area contributed by atoms with Gasteiger partial charge in [0.05, 0.1) is 13.7 Å². The molecule has 7 nitrogen and oxygen atoms in total. The second kappa shape index (κ2) is 11.6. The topological polar surface area (TPSA) is 84.0 Å². The zero-order valence-corrected chi connectivity index (χ0v) is 17.5. The Bertz CT molecular complexity index is 806. The van der Waals surface area contributed by atoms with E-state index in [-0.39, 0.29) is 12.0 Å². The van der Waals surface area contributed by atoms with Gasteiger partial charge in [0.15, 0.2) is 5.96 Å². The van der Waals surface area contributed by atoms with Crippen molar-refractivity contribution in [3.8, 4) is 11.5 Å². The van der Waals surface area contributed by atoms with Crippen molar-refractivity contribution >= 4 is 11.9 Å². The summed E-state index contributed by atoms with van der Waals surface area (Å²) in [5.41, 5.74) is 1.75. The highest BCUT2D eigenvalue weighted by Gasteiger charge is 2.07. The van der Waals surface area contributed by atoms with E-state index in [2.05, 4.69) is 20.9 Å². The van der Waals surface area contributed by atoms with Crippen LogP contribution in [0.3, 0.4) is 0 Å². The number of ether oxygens (including phenoxy) is 2. The first-order valence-electron chi connectivity index (χ1n) is 9.62. The molecule has 0 saturated heterocycles. The van der Waals surface area contributed by atoms with Crippen LogP contribution in [0.5, 0.6) is 11.5 Å². The van der Waals surface area contributed by atoms with Gasteiger partial charge in [0.1, 0.15) is 17.6 Å². The van der Waals surface area contributed by atoms with E-state index in [1.165, 1.54) is 0 Å². The third-order valence-corrected chi connectivity index (χ3v) is 4.30. The van der Waals surface area contributed by atoms with Gasteiger partial charge in [-0.1, -0.05) is 12.1 Å². The van der Waals surface area contributed by atoms with Crippen molar-refractivity contribution in [3.63, 3.8) is 0 Å². The van der Waals surface area contributed by atoms with Crippen LogP contribution in [0.2, 0.25) is 0 Å². The summed E-state index contributed by atoms with van der Waals surface area (Å²) in [4.78, 5) is 16.0. The number of carbonyl (C=O) groups is 1. The quantitative estimate of drug-likeness (QED) is 0.446. The minimum atomic E-state index is -0.0804. The third kappa shape index (κ3) is 7.37. The van der Waals surface area contributed by atoms with Crippen molar-refractivity contribution in [2.75, 3.05) is 34.3 Å². The molecule has 2 aromatic rings. The van der Waals surface area contributed by atoms with Gasteiger partial charge in [0.25, 0.3) is 5.91 Å². The Kier molecular flexibility index (Phi) is 8.82. The van der Waals surface area contributed by atoms with E-state index >= 15 is 0 Å². The molecule has 0 aliphatic heterocycles. The number of aliphatic imine (C=N–C) groups is 1. The second-order valence-corrected chi connectivity index (χ2v) is 6.51. The zero-order valence-electron chi connectivity index (χ0n) is 17.5. The molecule has 0 spiro atoms. The van der Waals surface area contributed by atoms with E-state index in [1.807, 2.05) is 49.4 Å².